The zero-order valence-corrected chi connectivity index (χ0v) is 10.3. The molecule has 6 heavy (non-hydrogen) atoms. The van der Waals surface area contributed by atoms with E-state index >= 15 is 0 Å². The van der Waals surface area contributed by atoms with E-state index in [1.807, 2.05) is 0 Å². The van der Waals surface area contributed by atoms with Gasteiger partial charge in [0.1, 0.15) is 0 Å². The smallest absolute Gasteiger partial charge is 1.00 e. The molecule has 0 heterocycles. The maximum absolute atomic E-state index is 7.17. The van der Waals surface area contributed by atoms with E-state index < -0.39 is 7.32 Å². The molecule has 3 nitrogen and oxygen atoms in total. The molecule has 0 rings (SSSR count). The maximum Gasteiger partial charge on any atom is 2.00 e. The van der Waals surface area contributed by atoms with Crippen LogP contribution in [-0.2, 0) is 0 Å². The molecule has 0 unspecified atom stereocenters. The number of hydrogen-bond donors (Lipinski definition) is 3. The number of hydrogen-bond acceptors (Lipinski definition) is 3. The SMILES string of the molecule is OB(O)O.[H-].[H-].[La].[Sr+2]. The normalized spacial score (nSPS) is 4.50. The van der Waals surface area contributed by atoms with Crippen LogP contribution in [-0.4, -0.2) is 67.9 Å². The molecule has 0 fully saturated rings. The molecule has 0 atom stereocenters. The van der Waals surface area contributed by atoms with Crippen LogP contribution in [0.3, 0.4) is 0 Å². The van der Waals surface area contributed by atoms with Gasteiger partial charge in [-0.15, -0.1) is 0 Å². The van der Waals surface area contributed by atoms with Crippen molar-refractivity contribution < 1.29 is 53.5 Å². The van der Waals surface area contributed by atoms with Gasteiger partial charge in [0, 0.05) is 35.6 Å². The van der Waals surface area contributed by atoms with Crippen LogP contribution in [0.5, 0.6) is 0 Å². The Labute approximate surface area is 104 Å². The van der Waals surface area contributed by atoms with E-state index in [4.69, 9.17) is 15.1 Å². The van der Waals surface area contributed by atoms with E-state index in [-0.39, 0.29) is 83.9 Å². The summed E-state index contributed by atoms with van der Waals surface area (Å²) in [6, 6.07) is 0. The fourth-order valence-electron chi connectivity index (χ4n) is 0. The molecular formula is H5BLaO3Sr. The first-order valence-electron chi connectivity index (χ1n) is 0.775. The first kappa shape index (κ1) is 15.8. The summed E-state index contributed by atoms with van der Waals surface area (Å²) < 4.78 is 0. The molecule has 31 valence electrons. The van der Waals surface area contributed by atoms with E-state index in [1.165, 1.54) is 0 Å². The Morgan fingerprint density at radius 1 is 1.17 bits per heavy atom. The van der Waals surface area contributed by atoms with E-state index in [0.29, 0.717) is 0 Å². The predicted octanol–water partition coefficient (Wildman–Crippen LogP) is -2.21. The molecule has 1 radical (unpaired) electrons. The van der Waals surface area contributed by atoms with Crippen LogP contribution in [0.1, 0.15) is 2.85 Å². The molecule has 0 aliphatic rings. The number of rotatable bonds is 0. The Hall–Kier alpha value is 2.62. The van der Waals surface area contributed by atoms with Crippen LogP contribution in [0.25, 0.3) is 0 Å². The van der Waals surface area contributed by atoms with Crippen LogP contribution in [0.2, 0.25) is 0 Å². The van der Waals surface area contributed by atoms with Crippen molar-refractivity contribution in [1.29, 1.82) is 0 Å². The molecule has 0 saturated heterocycles. The Morgan fingerprint density at radius 2 is 1.17 bits per heavy atom. The van der Waals surface area contributed by atoms with Crippen molar-refractivity contribution in [2.75, 3.05) is 0 Å². The summed E-state index contributed by atoms with van der Waals surface area (Å²) in [5.74, 6) is 0. The molecule has 0 aromatic rings. The molecule has 0 aromatic carbocycles. The molecule has 0 saturated carbocycles. The second kappa shape index (κ2) is 10.6. The minimum atomic E-state index is -2.17. The van der Waals surface area contributed by atoms with Crippen molar-refractivity contribution in [2.45, 2.75) is 0 Å². The predicted molar refractivity (Wildman–Crippen MR) is 20.4 cm³/mol. The quantitative estimate of drug-likeness (QED) is 0.444. The van der Waals surface area contributed by atoms with Gasteiger partial charge >= 0.3 is 52.8 Å². The average Bonchev–Trinajstić information content (AvgIpc) is 0.811. The van der Waals surface area contributed by atoms with E-state index in [1.54, 1.807) is 0 Å². The van der Waals surface area contributed by atoms with E-state index in [0.717, 1.165) is 0 Å². The van der Waals surface area contributed by atoms with Gasteiger partial charge in [0.25, 0.3) is 0 Å². The van der Waals surface area contributed by atoms with Crippen LogP contribution in [0, 0.1) is 35.6 Å². The summed E-state index contributed by atoms with van der Waals surface area (Å²) in [5.41, 5.74) is 0. The zero-order chi connectivity index (χ0) is 3.58. The van der Waals surface area contributed by atoms with Crippen LogP contribution in [0.4, 0.5) is 0 Å². The van der Waals surface area contributed by atoms with Gasteiger partial charge in [-0.3, -0.25) is 0 Å². The molecule has 0 aliphatic carbocycles. The molecule has 0 amide bonds. The topological polar surface area (TPSA) is 60.7 Å². The van der Waals surface area contributed by atoms with Crippen molar-refractivity contribution >= 4 is 52.8 Å². The van der Waals surface area contributed by atoms with Crippen molar-refractivity contribution in [3.8, 4) is 0 Å². The Morgan fingerprint density at radius 3 is 1.17 bits per heavy atom. The van der Waals surface area contributed by atoms with Gasteiger partial charge in [-0.05, 0) is 0 Å². The maximum atomic E-state index is 7.17. The first-order valence-corrected chi connectivity index (χ1v) is 0.775. The van der Waals surface area contributed by atoms with Crippen LogP contribution < -0.4 is 0 Å². The van der Waals surface area contributed by atoms with Gasteiger partial charge in [-0.1, -0.05) is 0 Å². The molecule has 0 spiro atoms. The summed E-state index contributed by atoms with van der Waals surface area (Å²) >= 11 is 0. The van der Waals surface area contributed by atoms with E-state index in [2.05, 4.69) is 0 Å². The summed E-state index contributed by atoms with van der Waals surface area (Å²) in [6.45, 7) is 0. The molecule has 0 aliphatic heterocycles. The monoisotopic (exact) mass is 291 g/mol. The van der Waals surface area contributed by atoms with E-state index in [9.17, 15) is 0 Å². The Bertz CT molecular complexity index is 22.0. The molecule has 3 N–H and O–H groups in total. The van der Waals surface area contributed by atoms with Gasteiger partial charge < -0.3 is 17.9 Å². The summed E-state index contributed by atoms with van der Waals surface area (Å²) in [7, 11) is -2.17. The molecular weight excluding hydrogens is 285 g/mol. The fraction of sp³-hybridized carbons (Fsp3) is 0. The second-order valence-corrected chi connectivity index (χ2v) is 0.346. The molecule has 6 heteroatoms. The van der Waals surface area contributed by atoms with Crippen molar-refractivity contribution in [1.82, 2.24) is 0 Å². The summed E-state index contributed by atoms with van der Waals surface area (Å²) in [5, 5.41) is 21.5. The standard InChI is InChI=1S/BH3O3.La.Sr.2H/c2-1(3)4;;;;/h2-4H;;;;/q;;+2;2*-1. The van der Waals surface area contributed by atoms with Crippen molar-refractivity contribution in [3.05, 3.63) is 0 Å². The molecule has 0 bridgehead atoms. The minimum absolute atomic E-state index is 0. The summed E-state index contributed by atoms with van der Waals surface area (Å²) in [6.07, 6.45) is 0. The minimum Gasteiger partial charge on any atom is -1.00 e. The third-order valence-corrected chi connectivity index (χ3v) is 0. The second-order valence-electron chi connectivity index (χ2n) is 0.346. The van der Waals surface area contributed by atoms with Crippen molar-refractivity contribution in [3.63, 3.8) is 0 Å². The Kier molecular flexibility index (Phi) is 27.9. The third kappa shape index (κ3) is 30.5. The largest absolute Gasteiger partial charge is 2.00 e. The van der Waals surface area contributed by atoms with Gasteiger partial charge in [0.05, 0.1) is 0 Å². The third-order valence-electron chi connectivity index (χ3n) is 0. The van der Waals surface area contributed by atoms with Crippen LogP contribution >= 0.6 is 0 Å². The Balaban J connectivity index is -0.00000000750. The fourth-order valence-corrected chi connectivity index (χ4v) is 0. The first-order chi connectivity index (χ1) is 1.73. The zero-order valence-electron chi connectivity index (χ0n) is 5.20. The van der Waals surface area contributed by atoms with Gasteiger partial charge in [-0.2, -0.15) is 0 Å². The van der Waals surface area contributed by atoms with Gasteiger partial charge in [0.15, 0.2) is 0 Å². The molecule has 0 aromatic heterocycles. The van der Waals surface area contributed by atoms with Crippen molar-refractivity contribution in [2.24, 2.45) is 0 Å². The van der Waals surface area contributed by atoms with Gasteiger partial charge in [-0.25, -0.2) is 0 Å². The summed E-state index contributed by atoms with van der Waals surface area (Å²) in [4.78, 5) is 0. The average molecular weight is 290 g/mol. The van der Waals surface area contributed by atoms with Gasteiger partial charge in [0.2, 0.25) is 0 Å². The van der Waals surface area contributed by atoms with Crippen LogP contribution in [0.15, 0.2) is 0 Å².